The predicted octanol–water partition coefficient (Wildman–Crippen LogP) is 2.80. The van der Waals surface area contributed by atoms with Gasteiger partial charge >= 0.3 is 0 Å². The molecule has 2 rings (SSSR count). The van der Waals surface area contributed by atoms with Crippen molar-refractivity contribution < 1.29 is 4.74 Å². The SMILES string of the molecule is COc1ccc(Br)cc1-c1nc(SC)[nH]c(=O)c1C#N. The van der Waals surface area contributed by atoms with E-state index in [9.17, 15) is 10.1 Å². The topological polar surface area (TPSA) is 78.8 Å². The molecule has 1 aromatic heterocycles. The van der Waals surface area contributed by atoms with Crippen LogP contribution < -0.4 is 10.3 Å². The van der Waals surface area contributed by atoms with E-state index in [4.69, 9.17) is 4.74 Å². The van der Waals surface area contributed by atoms with Gasteiger partial charge in [-0.2, -0.15) is 5.26 Å². The van der Waals surface area contributed by atoms with Gasteiger partial charge in [0.05, 0.1) is 7.11 Å². The van der Waals surface area contributed by atoms with Crippen LogP contribution in [-0.2, 0) is 0 Å². The number of hydrogen-bond acceptors (Lipinski definition) is 5. The number of rotatable bonds is 3. The summed E-state index contributed by atoms with van der Waals surface area (Å²) in [5.74, 6) is 0.551. The van der Waals surface area contributed by atoms with Gasteiger partial charge in [0.15, 0.2) is 5.16 Å². The molecule has 0 amide bonds. The molecule has 0 radical (unpaired) electrons. The van der Waals surface area contributed by atoms with Crippen molar-refractivity contribution in [1.29, 1.82) is 5.26 Å². The monoisotopic (exact) mass is 351 g/mol. The van der Waals surface area contributed by atoms with E-state index in [-0.39, 0.29) is 5.56 Å². The number of ether oxygens (including phenoxy) is 1. The zero-order valence-corrected chi connectivity index (χ0v) is 13.1. The van der Waals surface area contributed by atoms with Crippen molar-refractivity contribution >= 4 is 27.7 Å². The Bertz CT molecular complexity index is 752. The molecule has 1 heterocycles. The van der Waals surface area contributed by atoms with E-state index in [1.54, 1.807) is 18.4 Å². The Balaban J connectivity index is 2.81. The summed E-state index contributed by atoms with van der Waals surface area (Å²) < 4.78 is 6.09. The van der Waals surface area contributed by atoms with E-state index >= 15 is 0 Å². The fraction of sp³-hybridized carbons (Fsp3) is 0.154. The van der Waals surface area contributed by atoms with Gasteiger partial charge in [-0.15, -0.1) is 0 Å². The highest BCUT2D eigenvalue weighted by Gasteiger charge is 2.17. The van der Waals surface area contributed by atoms with Gasteiger partial charge in [0.1, 0.15) is 23.1 Å². The highest BCUT2D eigenvalue weighted by molar-refractivity contribution is 9.10. The Hall–Kier alpha value is -1.78. The molecule has 0 aliphatic rings. The number of aromatic amines is 1. The molecular weight excluding hydrogens is 342 g/mol. The van der Waals surface area contributed by atoms with Crippen LogP contribution in [0.3, 0.4) is 0 Å². The second kappa shape index (κ2) is 6.11. The summed E-state index contributed by atoms with van der Waals surface area (Å²) in [5, 5.41) is 9.64. The number of hydrogen-bond donors (Lipinski definition) is 1. The number of aromatic nitrogens is 2. The van der Waals surface area contributed by atoms with E-state index in [0.29, 0.717) is 22.2 Å². The van der Waals surface area contributed by atoms with Gasteiger partial charge in [0.25, 0.3) is 5.56 Å². The van der Waals surface area contributed by atoms with Crippen LogP contribution in [0.2, 0.25) is 0 Å². The van der Waals surface area contributed by atoms with Crippen molar-refractivity contribution in [2.24, 2.45) is 0 Å². The summed E-state index contributed by atoms with van der Waals surface area (Å²) in [7, 11) is 1.53. The van der Waals surface area contributed by atoms with Crippen LogP contribution in [0, 0.1) is 11.3 Å². The first-order chi connectivity index (χ1) is 9.60. The number of nitriles is 1. The summed E-state index contributed by atoms with van der Waals surface area (Å²) in [6, 6.07) is 7.24. The maximum Gasteiger partial charge on any atom is 0.270 e. The average Bonchev–Trinajstić information content (AvgIpc) is 2.46. The van der Waals surface area contributed by atoms with Crippen molar-refractivity contribution in [3.8, 4) is 23.1 Å². The average molecular weight is 352 g/mol. The molecule has 1 aromatic carbocycles. The van der Waals surface area contributed by atoms with Gasteiger partial charge in [-0.1, -0.05) is 27.7 Å². The molecule has 0 aliphatic carbocycles. The Kier molecular flexibility index (Phi) is 4.47. The molecule has 0 fully saturated rings. The quantitative estimate of drug-likeness (QED) is 0.679. The third-order valence-electron chi connectivity index (χ3n) is 2.62. The molecule has 102 valence electrons. The van der Waals surface area contributed by atoms with Crippen LogP contribution in [0.5, 0.6) is 5.75 Å². The molecule has 2 aromatic rings. The van der Waals surface area contributed by atoms with Crippen molar-refractivity contribution in [1.82, 2.24) is 9.97 Å². The third-order valence-corrected chi connectivity index (χ3v) is 3.69. The number of methoxy groups -OCH3 is 1. The Labute approximate surface area is 128 Å². The molecule has 0 bridgehead atoms. The number of halogens is 1. The Morgan fingerprint density at radius 1 is 1.50 bits per heavy atom. The first-order valence-corrected chi connectivity index (χ1v) is 7.54. The maximum absolute atomic E-state index is 11.9. The Morgan fingerprint density at radius 2 is 2.25 bits per heavy atom. The largest absolute Gasteiger partial charge is 0.496 e. The first kappa shape index (κ1) is 14.6. The summed E-state index contributed by atoms with van der Waals surface area (Å²) in [6.07, 6.45) is 1.80. The molecular formula is C13H10BrN3O2S. The van der Waals surface area contributed by atoms with Gasteiger partial charge in [-0.3, -0.25) is 4.79 Å². The summed E-state index contributed by atoms with van der Waals surface area (Å²) in [6.45, 7) is 0. The minimum Gasteiger partial charge on any atom is -0.496 e. The standard InChI is InChI=1S/C13H10BrN3O2S/c1-19-10-4-3-7(14)5-8(10)11-9(6-15)12(18)17-13(16-11)20-2/h3-5H,1-2H3,(H,16,17,18). The molecule has 1 N–H and O–H groups in total. The molecule has 0 atom stereocenters. The number of nitrogens with one attached hydrogen (secondary N) is 1. The van der Waals surface area contributed by atoms with Crippen LogP contribution in [0.1, 0.15) is 5.56 Å². The number of H-pyrrole nitrogens is 1. The second-order valence-corrected chi connectivity index (χ2v) is 5.47. The van der Waals surface area contributed by atoms with Gasteiger partial charge in [0.2, 0.25) is 0 Å². The van der Waals surface area contributed by atoms with Crippen LogP contribution in [0.15, 0.2) is 32.6 Å². The van der Waals surface area contributed by atoms with Crippen molar-refractivity contribution in [2.75, 3.05) is 13.4 Å². The minimum absolute atomic E-state index is 0.0285. The number of benzene rings is 1. The molecule has 0 spiro atoms. The molecule has 5 nitrogen and oxygen atoms in total. The fourth-order valence-electron chi connectivity index (χ4n) is 1.71. The zero-order chi connectivity index (χ0) is 14.7. The number of thioether (sulfide) groups is 1. The molecule has 0 unspecified atom stereocenters. The first-order valence-electron chi connectivity index (χ1n) is 5.53. The van der Waals surface area contributed by atoms with Gasteiger partial charge in [-0.25, -0.2) is 4.98 Å². The van der Waals surface area contributed by atoms with Gasteiger partial charge in [0, 0.05) is 10.0 Å². The molecule has 0 saturated heterocycles. The van der Waals surface area contributed by atoms with Crippen molar-refractivity contribution in [2.45, 2.75) is 5.16 Å². The smallest absolute Gasteiger partial charge is 0.270 e. The molecule has 7 heteroatoms. The summed E-state index contributed by atoms with van der Waals surface area (Å²) in [5.41, 5.74) is 0.432. The summed E-state index contributed by atoms with van der Waals surface area (Å²) >= 11 is 4.67. The van der Waals surface area contributed by atoms with Crippen molar-refractivity contribution in [3.63, 3.8) is 0 Å². The molecule has 20 heavy (non-hydrogen) atoms. The normalized spacial score (nSPS) is 10.1. The van der Waals surface area contributed by atoms with Crippen LogP contribution in [0.25, 0.3) is 11.3 Å². The van der Waals surface area contributed by atoms with E-state index < -0.39 is 5.56 Å². The highest BCUT2D eigenvalue weighted by atomic mass is 79.9. The number of nitrogens with zero attached hydrogens (tertiary/aromatic N) is 2. The van der Waals surface area contributed by atoms with Crippen LogP contribution in [-0.4, -0.2) is 23.3 Å². The maximum atomic E-state index is 11.9. The lowest BCUT2D eigenvalue weighted by Gasteiger charge is -2.10. The van der Waals surface area contributed by atoms with Crippen LogP contribution >= 0.6 is 27.7 Å². The predicted molar refractivity (Wildman–Crippen MR) is 81.0 cm³/mol. The lowest BCUT2D eigenvalue weighted by atomic mass is 10.1. The lowest BCUT2D eigenvalue weighted by Crippen LogP contribution is -2.14. The highest BCUT2D eigenvalue weighted by Crippen LogP contribution is 2.32. The van der Waals surface area contributed by atoms with E-state index in [2.05, 4.69) is 25.9 Å². The van der Waals surface area contributed by atoms with E-state index in [1.165, 1.54) is 18.9 Å². The lowest BCUT2D eigenvalue weighted by molar-refractivity contribution is 0.416. The molecule has 0 saturated carbocycles. The van der Waals surface area contributed by atoms with E-state index in [1.807, 2.05) is 12.1 Å². The minimum atomic E-state index is -0.455. The third kappa shape index (κ3) is 2.71. The van der Waals surface area contributed by atoms with Crippen molar-refractivity contribution in [3.05, 3.63) is 38.6 Å². The summed E-state index contributed by atoms with van der Waals surface area (Å²) in [4.78, 5) is 18.8. The fourth-order valence-corrected chi connectivity index (χ4v) is 2.45. The second-order valence-electron chi connectivity index (χ2n) is 3.76. The van der Waals surface area contributed by atoms with Gasteiger partial charge < -0.3 is 9.72 Å². The van der Waals surface area contributed by atoms with E-state index in [0.717, 1.165) is 4.47 Å². The zero-order valence-electron chi connectivity index (χ0n) is 10.7. The van der Waals surface area contributed by atoms with Crippen LogP contribution in [0.4, 0.5) is 0 Å². The Morgan fingerprint density at radius 3 is 2.85 bits per heavy atom. The van der Waals surface area contributed by atoms with Gasteiger partial charge in [-0.05, 0) is 24.5 Å². The molecule has 0 aliphatic heterocycles.